The van der Waals surface area contributed by atoms with Gasteiger partial charge in [0, 0.05) is 0 Å². The van der Waals surface area contributed by atoms with Gasteiger partial charge in [-0.2, -0.15) is 0 Å². The van der Waals surface area contributed by atoms with Gasteiger partial charge < -0.3 is 14.0 Å². The van der Waals surface area contributed by atoms with Crippen molar-refractivity contribution >= 4 is 12.1 Å². The number of aldehydes is 1. The molecule has 0 amide bonds. The highest BCUT2D eigenvalue weighted by Gasteiger charge is 2.36. The molecule has 0 aromatic rings. The van der Waals surface area contributed by atoms with Gasteiger partial charge in [-0.3, -0.25) is 4.79 Å². The quantitative estimate of drug-likeness (QED) is 0.381. The molecule has 0 spiro atoms. The van der Waals surface area contributed by atoms with Crippen LogP contribution in [0.2, 0.25) is 0 Å². The van der Waals surface area contributed by atoms with E-state index < -0.39 is 0 Å². The Morgan fingerprint density at radius 3 is 2.47 bits per heavy atom. The molecule has 0 aromatic carbocycles. The first kappa shape index (κ1) is 12.3. The Bertz CT molecular complexity index is 232. The van der Waals surface area contributed by atoms with Crippen molar-refractivity contribution < 1.29 is 18.8 Å². The Balaban J connectivity index is 2.63. The molecular weight excluding hydrogens is 194 g/mol. The van der Waals surface area contributed by atoms with Gasteiger partial charge in [0.05, 0.1) is 25.7 Å². The van der Waals surface area contributed by atoms with Crippen LogP contribution in [-0.4, -0.2) is 48.9 Å². The van der Waals surface area contributed by atoms with Crippen molar-refractivity contribution in [2.75, 3.05) is 26.3 Å². The summed E-state index contributed by atoms with van der Waals surface area (Å²) in [7, 11) is 0. The van der Waals surface area contributed by atoms with Gasteiger partial charge in [-0.15, -0.1) is 0 Å². The minimum atomic E-state index is -0.0828. The number of morpholine rings is 1. The van der Waals surface area contributed by atoms with Gasteiger partial charge >= 0.3 is 0 Å². The van der Waals surface area contributed by atoms with Crippen molar-refractivity contribution in [1.29, 1.82) is 0 Å². The van der Waals surface area contributed by atoms with Gasteiger partial charge in [-0.25, -0.2) is 0 Å². The monoisotopic (exact) mass is 213 g/mol. The molecule has 4 heteroatoms. The van der Waals surface area contributed by atoms with E-state index in [0.717, 1.165) is 13.1 Å². The average molecular weight is 213 g/mol. The van der Waals surface area contributed by atoms with Crippen LogP contribution in [0.5, 0.6) is 0 Å². The number of Topliss-reactive ketones (excluding diaryl/α,β-unsaturated/α-hetero) is 1. The van der Waals surface area contributed by atoms with Crippen LogP contribution in [0.15, 0.2) is 0 Å². The van der Waals surface area contributed by atoms with Crippen LogP contribution in [0.1, 0.15) is 20.3 Å². The molecule has 1 saturated heterocycles. The van der Waals surface area contributed by atoms with E-state index in [-0.39, 0.29) is 12.2 Å². The lowest BCUT2D eigenvalue weighted by Gasteiger charge is -2.43. The summed E-state index contributed by atoms with van der Waals surface area (Å²) in [4.78, 5) is 21.7. The van der Waals surface area contributed by atoms with Crippen LogP contribution in [0, 0.1) is 6.54 Å². The molecule has 0 bridgehead atoms. The minimum Gasteiger partial charge on any atom is -0.370 e. The summed E-state index contributed by atoms with van der Waals surface area (Å²) in [6.45, 7) is 8.89. The number of carbonyl (C=O) groups excluding carboxylic acids is 2. The van der Waals surface area contributed by atoms with Crippen molar-refractivity contribution in [1.82, 2.24) is 0 Å². The highest BCUT2D eigenvalue weighted by atomic mass is 16.5. The van der Waals surface area contributed by atoms with Crippen LogP contribution in [0.25, 0.3) is 0 Å². The van der Waals surface area contributed by atoms with Crippen molar-refractivity contribution in [3.05, 3.63) is 6.54 Å². The zero-order chi connectivity index (χ0) is 11.3. The highest BCUT2D eigenvalue weighted by Crippen LogP contribution is 2.20. The molecule has 1 radical (unpaired) electrons. The second-order valence-electron chi connectivity index (χ2n) is 4.22. The van der Waals surface area contributed by atoms with Gasteiger partial charge in [-0.1, -0.05) is 0 Å². The number of carbonyl (C=O) groups is 2. The molecule has 0 aromatic heterocycles. The summed E-state index contributed by atoms with van der Waals surface area (Å²) in [6, 6.07) is 0.351. The van der Waals surface area contributed by atoms with Crippen molar-refractivity contribution in [2.45, 2.75) is 26.3 Å². The van der Waals surface area contributed by atoms with E-state index in [1.165, 1.54) is 0 Å². The summed E-state index contributed by atoms with van der Waals surface area (Å²) in [6.07, 6.45) is 0.656. The fourth-order valence-electron chi connectivity index (χ4n) is 1.90. The average Bonchev–Trinajstić information content (AvgIpc) is 2.19. The van der Waals surface area contributed by atoms with E-state index >= 15 is 0 Å². The molecule has 1 rings (SSSR count). The summed E-state index contributed by atoms with van der Waals surface area (Å²) in [5.74, 6) is -0.0828. The standard InChI is InChI=1S/C11H19NO3/c1-10(2)12(4-7-15-8-5-12)9-11(14)3-6-13/h6,9-10H,3-5,7-8H2,1-2H3/q+1. The SMILES string of the molecule is CC(C)[N+]1([CH]C(=O)CC=O)CCOCC1. The van der Waals surface area contributed by atoms with E-state index in [4.69, 9.17) is 4.74 Å². The van der Waals surface area contributed by atoms with Crippen molar-refractivity contribution in [2.24, 2.45) is 0 Å². The maximum Gasteiger partial charge on any atom is 0.209 e. The lowest BCUT2D eigenvalue weighted by molar-refractivity contribution is -0.922. The van der Waals surface area contributed by atoms with Crippen LogP contribution in [-0.2, 0) is 14.3 Å². The number of nitrogens with zero attached hydrogens (tertiary/aromatic N) is 1. The second-order valence-corrected chi connectivity index (χ2v) is 4.22. The molecule has 1 aliphatic rings. The highest BCUT2D eigenvalue weighted by molar-refractivity contribution is 5.94. The van der Waals surface area contributed by atoms with Crippen molar-refractivity contribution in [3.8, 4) is 0 Å². The maximum absolute atomic E-state index is 11.5. The number of quaternary nitrogens is 1. The summed E-state index contributed by atoms with van der Waals surface area (Å²) >= 11 is 0. The third-order valence-corrected chi connectivity index (χ3v) is 3.02. The Labute approximate surface area is 90.8 Å². The van der Waals surface area contributed by atoms with E-state index in [1.54, 1.807) is 6.54 Å². The molecule has 1 aliphatic heterocycles. The van der Waals surface area contributed by atoms with Crippen LogP contribution < -0.4 is 0 Å². The molecule has 0 N–H and O–H groups in total. The van der Waals surface area contributed by atoms with E-state index in [1.807, 2.05) is 0 Å². The molecular formula is C11H19NO3+. The van der Waals surface area contributed by atoms with Gasteiger partial charge in [-0.05, 0) is 13.8 Å². The van der Waals surface area contributed by atoms with Crippen LogP contribution >= 0.6 is 0 Å². The first-order chi connectivity index (χ1) is 7.10. The Kier molecular flexibility index (Phi) is 4.42. The largest absolute Gasteiger partial charge is 0.370 e. The molecule has 15 heavy (non-hydrogen) atoms. The normalized spacial score (nSPS) is 20.2. The first-order valence-corrected chi connectivity index (χ1v) is 5.37. The Hall–Kier alpha value is -0.740. The van der Waals surface area contributed by atoms with Crippen molar-refractivity contribution in [3.63, 3.8) is 0 Å². The number of hydrogen-bond acceptors (Lipinski definition) is 3. The predicted octanol–water partition coefficient (Wildman–Crippen LogP) is 0.562. The smallest absolute Gasteiger partial charge is 0.209 e. The third kappa shape index (κ3) is 3.11. The molecule has 1 heterocycles. The molecule has 1 fully saturated rings. The molecule has 0 unspecified atom stereocenters. The van der Waals surface area contributed by atoms with Gasteiger partial charge in [0.15, 0.2) is 0 Å². The number of hydrogen-bond donors (Lipinski definition) is 0. The van der Waals surface area contributed by atoms with Crippen LogP contribution in [0.3, 0.4) is 0 Å². The van der Waals surface area contributed by atoms with Gasteiger partial charge in [0.1, 0.15) is 19.4 Å². The fourth-order valence-corrected chi connectivity index (χ4v) is 1.90. The lowest BCUT2D eigenvalue weighted by atomic mass is 10.1. The Morgan fingerprint density at radius 2 is 2.00 bits per heavy atom. The van der Waals surface area contributed by atoms with E-state index in [0.29, 0.717) is 30.0 Å². The fraction of sp³-hybridized carbons (Fsp3) is 0.727. The summed E-state index contributed by atoms with van der Waals surface area (Å²) < 4.78 is 5.95. The zero-order valence-corrected chi connectivity index (χ0v) is 9.44. The number of ketones is 1. The number of ether oxygens (including phenoxy) is 1. The predicted molar refractivity (Wildman–Crippen MR) is 55.9 cm³/mol. The molecule has 85 valence electrons. The number of rotatable bonds is 5. The lowest BCUT2D eigenvalue weighted by Crippen LogP contribution is -2.58. The first-order valence-electron chi connectivity index (χ1n) is 5.37. The van der Waals surface area contributed by atoms with E-state index in [2.05, 4.69) is 13.8 Å². The second kappa shape index (κ2) is 5.37. The maximum atomic E-state index is 11.5. The molecule has 0 saturated carbocycles. The van der Waals surface area contributed by atoms with E-state index in [9.17, 15) is 9.59 Å². The van der Waals surface area contributed by atoms with Gasteiger partial charge in [0.25, 0.3) is 0 Å². The zero-order valence-electron chi connectivity index (χ0n) is 9.44. The summed E-state index contributed by atoms with van der Waals surface area (Å²) in [5, 5.41) is 0. The minimum absolute atomic E-state index is 0.00637. The summed E-state index contributed by atoms with van der Waals surface area (Å²) in [5.41, 5.74) is 0. The molecule has 0 aliphatic carbocycles. The molecule has 0 atom stereocenters. The van der Waals surface area contributed by atoms with Gasteiger partial charge in [0.2, 0.25) is 12.3 Å². The topological polar surface area (TPSA) is 43.4 Å². The molecule has 4 nitrogen and oxygen atoms in total. The third-order valence-electron chi connectivity index (χ3n) is 3.02. The Morgan fingerprint density at radius 1 is 1.40 bits per heavy atom. The van der Waals surface area contributed by atoms with Crippen LogP contribution in [0.4, 0.5) is 0 Å².